The van der Waals surface area contributed by atoms with Gasteiger partial charge in [-0.05, 0) is 38.4 Å². The van der Waals surface area contributed by atoms with Gasteiger partial charge in [0.05, 0.1) is 17.5 Å². The average molecular weight is 259 g/mol. The van der Waals surface area contributed by atoms with E-state index in [4.69, 9.17) is 4.42 Å². The predicted octanol–water partition coefficient (Wildman–Crippen LogP) is 3.10. The maximum atomic E-state index is 5.32. The molecule has 4 nitrogen and oxygen atoms in total. The zero-order valence-corrected chi connectivity index (χ0v) is 12.0. The van der Waals surface area contributed by atoms with Gasteiger partial charge >= 0.3 is 0 Å². The molecule has 4 heteroatoms. The van der Waals surface area contributed by atoms with Gasteiger partial charge in [-0.15, -0.1) is 0 Å². The Morgan fingerprint density at radius 3 is 2.68 bits per heavy atom. The largest absolute Gasteiger partial charge is 0.469 e. The zero-order valence-electron chi connectivity index (χ0n) is 12.0. The molecule has 0 bridgehead atoms. The van der Waals surface area contributed by atoms with Crippen molar-refractivity contribution in [2.75, 3.05) is 6.54 Å². The summed E-state index contributed by atoms with van der Waals surface area (Å²) >= 11 is 0. The minimum Gasteiger partial charge on any atom is -0.469 e. The minimum atomic E-state index is 0.638. The van der Waals surface area contributed by atoms with Crippen LogP contribution in [0.3, 0.4) is 0 Å². The lowest BCUT2D eigenvalue weighted by atomic mass is 10.2. The van der Waals surface area contributed by atoms with E-state index in [9.17, 15) is 0 Å². The number of nitrogens with zero attached hydrogens (tertiary/aromatic N) is 2. The van der Waals surface area contributed by atoms with Crippen molar-refractivity contribution < 1.29 is 4.42 Å². The van der Waals surface area contributed by atoms with E-state index in [1.54, 1.807) is 6.26 Å². The normalized spacial score (nSPS) is 11.2. The topological polar surface area (TPSA) is 51.0 Å². The summed E-state index contributed by atoms with van der Waals surface area (Å²) in [5, 5.41) is 3.40. The highest BCUT2D eigenvalue weighted by atomic mass is 16.3. The number of rotatable bonds is 5. The Balaban J connectivity index is 2.18. The molecule has 0 saturated carbocycles. The van der Waals surface area contributed by atoms with Crippen LogP contribution in [0.1, 0.15) is 31.0 Å². The molecule has 2 aromatic rings. The molecule has 19 heavy (non-hydrogen) atoms. The number of hydrogen-bond donors (Lipinski definition) is 1. The minimum absolute atomic E-state index is 0.638. The molecule has 2 heterocycles. The molecule has 1 N–H and O–H groups in total. The molecule has 2 rings (SSSR count). The van der Waals surface area contributed by atoms with E-state index in [0.717, 1.165) is 41.6 Å². The summed E-state index contributed by atoms with van der Waals surface area (Å²) in [6.07, 6.45) is 1.67. The first-order valence-corrected chi connectivity index (χ1v) is 6.66. The smallest absolute Gasteiger partial charge is 0.163 e. The second kappa shape index (κ2) is 5.97. The molecule has 0 aliphatic rings. The first-order chi connectivity index (χ1) is 9.06. The number of aryl methyl sites for hydroxylation is 2. The van der Waals surface area contributed by atoms with E-state index in [2.05, 4.69) is 29.1 Å². The van der Waals surface area contributed by atoms with Crippen LogP contribution >= 0.6 is 0 Å². The lowest BCUT2D eigenvalue weighted by Gasteiger charge is -2.08. The first kappa shape index (κ1) is 13.7. The van der Waals surface area contributed by atoms with Gasteiger partial charge in [0.1, 0.15) is 5.76 Å². The summed E-state index contributed by atoms with van der Waals surface area (Å²) in [6.45, 7) is 10.1. The fraction of sp³-hybridized carbons (Fsp3) is 0.467. The van der Waals surface area contributed by atoms with Crippen LogP contribution < -0.4 is 5.32 Å². The van der Waals surface area contributed by atoms with Crippen LogP contribution in [-0.4, -0.2) is 16.5 Å². The highest BCUT2D eigenvalue weighted by Crippen LogP contribution is 2.21. The van der Waals surface area contributed by atoms with Gasteiger partial charge in [-0.1, -0.05) is 13.8 Å². The average Bonchev–Trinajstić information content (AvgIpc) is 2.74. The lowest BCUT2D eigenvalue weighted by Crippen LogP contribution is -2.20. The maximum absolute atomic E-state index is 5.32. The van der Waals surface area contributed by atoms with Crippen molar-refractivity contribution in [2.24, 2.45) is 5.92 Å². The van der Waals surface area contributed by atoms with Gasteiger partial charge in [-0.2, -0.15) is 0 Å². The molecule has 2 aromatic heterocycles. The van der Waals surface area contributed by atoms with Crippen LogP contribution in [0.4, 0.5) is 0 Å². The fourth-order valence-electron chi connectivity index (χ4n) is 1.95. The Morgan fingerprint density at radius 2 is 2.05 bits per heavy atom. The number of furan rings is 1. The molecule has 0 aliphatic heterocycles. The van der Waals surface area contributed by atoms with Crippen LogP contribution in [0.2, 0.25) is 0 Å². The van der Waals surface area contributed by atoms with Crippen molar-refractivity contribution in [3.05, 3.63) is 35.5 Å². The molecule has 0 spiro atoms. The van der Waals surface area contributed by atoms with Gasteiger partial charge in [0, 0.05) is 12.2 Å². The number of aromatic nitrogens is 2. The summed E-state index contributed by atoms with van der Waals surface area (Å²) < 4.78 is 5.32. The van der Waals surface area contributed by atoms with Crippen molar-refractivity contribution in [3.63, 3.8) is 0 Å². The second-order valence-corrected chi connectivity index (χ2v) is 5.24. The third-order valence-electron chi connectivity index (χ3n) is 2.87. The van der Waals surface area contributed by atoms with Gasteiger partial charge in [0.25, 0.3) is 0 Å². The Hall–Kier alpha value is -1.68. The van der Waals surface area contributed by atoms with E-state index in [1.165, 1.54) is 0 Å². The van der Waals surface area contributed by atoms with Gasteiger partial charge in [0.2, 0.25) is 0 Å². The first-order valence-electron chi connectivity index (χ1n) is 6.66. The molecule has 0 radical (unpaired) electrons. The molecule has 0 aliphatic carbocycles. The summed E-state index contributed by atoms with van der Waals surface area (Å²) in [5.41, 5.74) is 2.96. The molecule has 0 amide bonds. The Labute approximate surface area is 114 Å². The third kappa shape index (κ3) is 3.64. The van der Waals surface area contributed by atoms with Crippen LogP contribution in [0.5, 0.6) is 0 Å². The number of nitrogens with one attached hydrogen (secondary N) is 1. The van der Waals surface area contributed by atoms with E-state index in [1.807, 2.05) is 26.0 Å². The molecule has 0 saturated heterocycles. The van der Waals surface area contributed by atoms with Crippen molar-refractivity contribution >= 4 is 0 Å². The van der Waals surface area contributed by atoms with Gasteiger partial charge in [-0.3, -0.25) is 0 Å². The van der Waals surface area contributed by atoms with Crippen molar-refractivity contribution in [1.82, 2.24) is 15.3 Å². The molecule has 0 unspecified atom stereocenters. The fourth-order valence-corrected chi connectivity index (χ4v) is 1.95. The van der Waals surface area contributed by atoms with E-state index in [-0.39, 0.29) is 0 Å². The Morgan fingerprint density at radius 1 is 1.26 bits per heavy atom. The standard InChI is InChI=1S/C15H21N3O/c1-10(2)8-16-9-13-7-11(3)17-15(18-13)14-5-6-19-12(14)4/h5-7,10,16H,8-9H2,1-4H3. The molecule has 102 valence electrons. The van der Waals surface area contributed by atoms with Crippen molar-refractivity contribution in [1.29, 1.82) is 0 Å². The molecular formula is C15H21N3O. The zero-order chi connectivity index (χ0) is 13.8. The van der Waals surface area contributed by atoms with Gasteiger partial charge in [-0.25, -0.2) is 9.97 Å². The molecule has 0 atom stereocenters. The van der Waals surface area contributed by atoms with Crippen LogP contribution in [0.25, 0.3) is 11.4 Å². The molecule has 0 aromatic carbocycles. The Bertz CT molecular complexity index is 546. The maximum Gasteiger partial charge on any atom is 0.163 e. The molecular weight excluding hydrogens is 238 g/mol. The van der Waals surface area contributed by atoms with E-state index < -0.39 is 0 Å². The highest BCUT2D eigenvalue weighted by Gasteiger charge is 2.09. The Kier molecular flexibility index (Phi) is 4.32. The third-order valence-corrected chi connectivity index (χ3v) is 2.87. The van der Waals surface area contributed by atoms with Crippen LogP contribution in [-0.2, 0) is 6.54 Å². The van der Waals surface area contributed by atoms with Gasteiger partial charge in [0.15, 0.2) is 5.82 Å². The lowest BCUT2D eigenvalue weighted by molar-refractivity contribution is 0.535. The SMILES string of the molecule is Cc1cc(CNCC(C)C)nc(-c2ccoc2C)n1. The van der Waals surface area contributed by atoms with Crippen molar-refractivity contribution in [3.8, 4) is 11.4 Å². The number of hydrogen-bond acceptors (Lipinski definition) is 4. The monoisotopic (exact) mass is 259 g/mol. The van der Waals surface area contributed by atoms with Crippen molar-refractivity contribution in [2.45, 2.75) is 34.2 Å². The van der Waals surface area contributed by atoms with Crippen LogP contribution in [0, 0.1) is 19.8 Å². The van der Waals surface area contributed by atoms with E-state index in [0.29, 0.717) is 5.92 Å². The predicted molar refractivity (Wildman–Crippen MR) is 75.8 cm³/mol. The van der Waals surface area contributed by atoms with E-state index >= 15 is 0 Å². The summed E-state index contributed by atoms with van der Waals surface area (Å²) in [7, 11) is 0. The quantitative estimate of drug-likeness (QED) is 0.896. The second-order valence-electron chi connectivity index (χ2n) is 5.24. The summed E-state index contributed by atoms with van der Waals surface area (Å²) in [5.74, 6) is 2.23. The summed E-state index contributed by atoms with van der Waals surface area (Å²) in [4.78, 5) is 9.08. The van der Waals surface area contributed by atoms with Crippen LogP contribution in [0.15, 0.2) is 22.8 Å². The van der Waals surface area contributed by atoms with Gasteiger partial charge < -0.3 is 9.73 Å². The molecule has 0 fully saturated rings. The summed E-state index contributed by atoms with van der Waals surface area (Å²) in [6, 6.07) is 3.93. The highest BCUT2D eigenvalue weighted by molar-refractivity contribution is 5.57.